The molecule has 5 N–H and O–H groups in total. The number of carboxylic acid groups (broad SMARTS) is 2. The maximum atomic E-state index is 11.3. The number of carbonyl (C=O) groups is 2. The topological polar surface area (TPSA) is 149 Å². The van der Waals surface area contributed by atoms with Crippen LogP contribution in [0.5, 0.6) is 11.5 Å². The van der Waals surface area contributed by atoms with E-state index in [-0.39, 0.29) is 35.7 Å². The second-order valence-corrected chi connectivity index (χ2v) is 5.64. The largest absolute Gasteiger partial charge is 0.548 e. The van der Waals surface area contributed by atoms with Crippen molar-refractivity contribution in [2.24, 2.45) is 0 Å². The number of hydrogen-bond acceptors (Lipinski definition) is 7. The zero-order valence-electron chi connectivity index (χ0n) is 13.8. The number of phenolic OH excluding ortho intramolecular Hbond substituents is 2. The number of carbonyl (C=O) groups excluding carboxylic acids is 2. The highest BCUT2D eigenvalue weighted by molar-refractivity contribution is 5.74. The van der Waals surface area contributed by atoms with Crippen LogP contribution in [-0.4, -0.2) is 35.2 Å². The molecule has 0 aliphatic carbocycles. The molecule has 2 aromatic rings. The molecule has 2 rings (SSSR count). The van der Waals surface area contributed by atoms with Crippen molar-refractivity contribution in [3.05, 3.63) is 59.7 Å². The van der Waals surface area contributed by atoms with Crippen LogP contribution >= 0.6 is 0 Å². The van der Waals surface area contributed by atoms with Gasteiger partial charge in [-0.25, -0.2) is 0 Å². The van der Waals surface area contributed by atoms with Crippen molar-refractivity contribution in [3.8, 4) is 11.5 Å². The van der Waals surface area contributed by atoms with Crippen molar-refractivity contribution >= 4 is 11.9 Å². The fraction of sp³-hybridized carbons (Fsp3) is 0.222. The first-order valence-electron chi connectivity index (χ1n) is 7.96. The molecule has 0 aliphatic rings. The smallest absolute Gasteiger partial charge is 0.155 e. The summed E-state index contributed by atoms with van der Waals surface area (Å²) >= 11 is 0. The Bertz CT molecular complexity index is 714. The van der Waals surface area contributed by atoms with Crippen molar-refractivity contribution in [2.45, 2.75) is 12.1 Å². The molecular weight excluding hydrogens is 340 g/mol. The molecule has 0 aliphatic heterocycles. The van der Waals surface area contributed by atoms with Gasteiger partial charge in [-0.15, -0.1) is 0 Å². The summed E-state index contributed by atoms with van der Waals surface area (Å²) in [5.41, 5.74) is 0.356. The molecule has 8 nitrogen and oxygen atoms in total. The average molecular weight is 359 g/mol. The van der Waals surface area contributed by atoms with E-state index in [2.05, 4.69) is 5.32 Å². The van der Waals surface area contributed by atoms with Crippen LogP contribution in [0.1, 0.15) is 23.2 Å². The molecule has 26 heavy (non-hydrogen) atoms. The molecular formula is C18H19N2O6-. The van der Waals surface area contributed by atoms with Crippen LogP contribution < -0.4 is 20.8 Å². The first kappa shape index (κ1) is 19.2. The highest BCUT2D eigenvalue weighted by Gasteiger charge is 2.20. The van der Waals surface area contributed by atoms with Crippen LogP contribution in [0.2, 0.25) is 0 Å². The van der Waals surface area contributed by atoms with Crippen LogP contribution in [0.3, 0.4) is 0 Å². The molecule has 0 saturated carbocycles. The molecule has 138 valence electrons. The van der Waals surface area contributed by atoms with Gasteiger partial charge in [-0.1, -0.05) is 30.3 Å². The minimum atomic E-state index is -1.41. The fourth-order valence-electron chi connectivity index (χ4n) is 2.63. The minimum absolute atomic E-state index is 0.115. The van der Waals surface area contributed by atoms with Crippen LogP contribution in [0.4, 0.5) is 0 Å². The number of nitrogens with one attached hydrogen (secondary N) is 1. The van der Waals surface area contributed by atoms with Gasteiger partial charge in [0.15, 0.2) is 6.04 Å². The van der Waals surface area contributed by atoms with E-state index < -0.39 is 24.0 Å². The number of aromatic hydroxyl groups is 2. The molecule has 0 saturated heterocycles. The molecule has 0 radical (unpaired) electrons. The summed E-state index contributed by atoms with van der Waals surface area (Å²) in [7, 11) is 0. The third-order valence-corrected chi connectivity index (χ3v) is 3.90. The van der Waals surface area contributed by atoms with Crippen molar-refractivity contribution < 1.29 is 35.3 Å². The van der Waals surface area contributed by atoms with Crippen molar-refractivity contribution in [1.82, 2.24) is 5.32 Å². The van der Waals surface area contributed by atoms with E-state index in [0.717, 1.165) is 0 Å². The lowest BCUT2D eigenvalue weighted by Gasteiger charge is -2.22. The Labute approximate surface area is 149 Å². The first-order valence-corrected chi connectivity index (χ1v) is 7.96. The number of rotatable bonds is 9. The maximum Gasteiger partial charge on any atom is 0.155 e. The van der Waals surface area contributed by atoms with Gasteiger partial charge in [0.25, 0.3) is 0 Å². The summed E-state index contributed by atoms with van der Waals surface area (Å²) < 4.78 is 0. The number of para-hydroxylation sites is 2. The van der Waals surface area contributed by atoms with Gasteiger partial charge in [-0.2, -0.15) is 0 Å². The third-order valence-electron chi connectivity index (χ3n) is 3.90. The monoisotopic (exact) mass is 359 g/mol. The van der Waals surface area contributed by atoms with E-state index in [1.807, 2.05) is 0 Å². The van der Waals surface area contributed by atoms with Crippen LogP contribution in [0, 0.1) is 0 Å². The van der Waals surface area contributed by atoms with Gasteiger partial charge in [-0.3, -0.25) is 5.32 Å². The Morgan fingerprint density at radius 3 is 1.96 bits per heavy atom. The standard InChI is InChI=1S/C18H20N2O6/c21-13-7-3-1-5-11(13)15(17(23)24)19-9-10-20-16(18(25)26)12-6-2-4-8-14(12)22/h1-8,15-16,19-22H,9-10H2,(H,23,24)(H,25,26)/p-1. The van der Waals surface area contributed by atoms with Gasteiger partial charge in [0.1, 0.15) is 17.5 Å². The van der Waals surface area contributed by atoms with Crippen molar-refractivity contribution in [3.63, 3.8) is 0 Å². The van der Waals surface area contributed by atoms with Gasteiger partial charge in [0.2, 0.25) is 0 Å². The molecule has 0 aromatic heterocycles. The fourth-order valence-corrected chi connectivity index (χ4v) is 2.63. The summed E-state index contributed by atoms with van der Waals surface area (Å²) in [5, 5.41) is 46.3. The summed E-state index contributed by atoms with van der Waals surface area (Å²) in [4.78, 5) is 22.7. The first-order chi connectivity index (χ1) is 12.4. The predicted octanol–water partition coefficient (Wildman–Crippen LogP) is -2.47. The van der Waals surface area contributed by atoms with Gasteiger partial charge < -0.3 is 35.3 Å². The Hall–Kier alpha value is -3.10. The van der Waals surface area contributed by atoms with E-state index in [1.165, 1.54) is 29.6 Å². The van der Waals surface area contributed by atoms with Crippen LogP contribution in [0.25, 0.3) is 0 Å². The van der Waals surface area contributed by atoms with E-state index in [9.17, 15) is 30.0 Å². The van der Waals surface area contributed by atoms with E-state index in [1.54, 1.807) is 24.3 Å². The van der Waals surface area contributed by atoms with Gasteiger partial charge in [0.05, 0.1) is 24.1 Å². The number of nitrogens with two attached hydrogens (primary N) is 1. The second kappa shape index (κ2) is 8.84. The predicted molar refractivity (Wildman–Crippen MR) is 86.5 cm³/mol. The quantitative estimate of drug-likeness (QED) is 0.363. The van der Waals surface area contributed by atoms with Crippen LogP contribution in [0.15, 0.2) is 48.5 Å². The molecule has 0 amide bonds. The summed E-state index contributed by atoms with van der Waals surface area (Å²) in [6.07, 6.45) is 0. The Balaban J connectivity index is 1.99. The number of carboxylic acids is 2. The molecule has 0 spiro atoms. The second-order valence-electron chi connectivity index (χ2n) is 5.64. The zero-order chi connectivity index (χ0) is 19.1. The SMILES string of the molecule is O=C([O-])C(NCC[NH2+]C(C(=O)[O-])c1ccccc1O)c1ccccc1O. The molecule has 0 fully saturated rings. The lowest BCUT2D eigenvalue weighted by molar-refractivity contribution is -0.688. The number of benzene rings is 2. The molecule has 2 aromatic carbocycles. The molecule has 2 unspecified atom stereocenters. The van der Waals surface area contributed by atoms with Crippen LogP contribution in [-0.2, 0) is 9.59 Å². The highest BCUT2D eigenvalue weighted by Crippen LogP contribution is 2.23. The van der Waals surface area contributed by atoms with E-state index >= 15 is 0 Å². The normalized spacial score (nSPS) is 13.1. The molecule has 2 atom stereocenters. The van der Waals surface area contributed by atoms with Crippen molar-refractivity contribution in [2.75, 3.05) is 13.1 Å². The summed E-state index contributed by atoms with van der Waals surface area (Å²) in [5.74, 6) is -3.12. The number of hydrogen-bond donors (Lipinski definition) is 4. The minimum Gasteiger partial charge on any atom is -0.548 e. The molecule has 0 bridgehead atoms. The molecule has 8 heteroatoms. The van der Waals surface area contributed by atoms with E-state index in [4.69, 9.17) is 0 Å². The lowest BCUT2D eigenvalue weighted by Crippen LogP contribution is -2.89. The van der Waals surface area contributed by atoms with Gasteiger partial charge >= 0.3 is 0 Å². The molecule has 0 heterocycles. The maximum absolute atomic E-state index is 11.3. The number of aliphatic carboxylic acids is 2. The lowest BCUT2D eigenvalue weighted by atomic mass is 10.1. The Morgan fingerprint density at radius 2 is 1.46 bits per heavy atom. The average Bonchev–Trinajstić information content (AvgIpc) is 2.59. The summed E-state index contributed by atoms with van der Waals surface area (Å²) in [6, 6.07) is 9.62. The summed E-state index contributed by atoms with van der Waals surface area (Å²) in [6.45, 7) is 0.300. The zero-order valence-corrected chi connectivity index (χ0v) is 13.8. The Kier molecular flexibility index (Phi) is 6.54. The van der Waals surface area contributed by atoms with E-state index in [0.29, 0.717) is 0 Å². The Morgan fingerprint density at radius 1 is 0.923 bits per heavy atom. The number of phenols is 2. The number of quaternary nitrogens is 1. The van der Waals surface area contributed by atoms with Gasteiger partial charge in [0, 0.05) is 12.1 Å². The highest BCUT2D eigenvalue weighted by atomic mass is 16.4. The third kappa shape index (κ3) is 4.71. The van der Waals surface area contributed by atoms with Crippen molar-refractivity contribution in [1.29, 1.82) is 0 Å². The van der Waals surface area contributed by atoms with Gasteiger partial charge in [-0.05, 0) is 18.2 Å².